The number of allylic oxidation sites excluding steroid dienone is 1. The Labute approximate surface area is 111 Å². The molecule has 0 spiro atoms. The summed E-state index contributed by atoms with van der Waals surface area (Å²) in [4.78, 5) is 10.9. The van der Waals surface area contributed by atoms with Crippen LogP contribution >= 0.6 is 12.6 Å². The fraction of sp³-hybridized carbons (Fsp3) is 0.455. The van der Waals surface area contributed by atoms with Gasteiger partial charge in [-0.1, -0.05) is 0 Å². The first kappa shape index (κ1) is 14.5. The zero-order chi connectivity index (χ0) is 13.4. The number of hydrogen-bond donors (Lipinski definition) is 3. The third-order valence-corrected chi connectivity index (χ3v) is 2.73. The lowest BCUT2D eigenvalue weighted by atomic mass is 10.1. The Hall–Kier alpha value is -1.58. The summed E-state index contributed by atoms with van der Waals surface area (Å²) in [6.07, 6.45) is 0.0810. The molecular formula is C11H14N4O2S. The van der Waals surface area contributed by atoms with Crippen molar-refractivity contribution in [1.29, 1.82) is 5.26 Å². The monoisotopic (exact) mass is 266 g/mol. The van der Waals surface area contributed by atoms with Crippen molar-refractivity contribution in [3.05, 3.63) is 21.6 Å². The molecule has 0 unspecified atom stereocenters. The smallest absolute Gasteiger partial charge is 0.258 e. The van der Waals surface area contributed by atoms with E-state index < -0.39 is 5.91 Å². The van der Waals surface area contributed by atoms with Crippen LogP contribution in [0.25, 0.3) is 5.41 Å². The molecule has 0 aromatic rings. The standard InChI is InChI=1S/C7H4N3OS.C4H9NO/c8-2-4-1-5(3-9)7(12)10-6(4)11;1-3-6-4-2-5-1/h12H,1H2,(H,10,11);5H,1-4H2/q-1;/p+1. The highest BCUT2D eigenvalue weighted by atomic mass is 32.1. The first-order valence-corrected chi connectivity index (χ1v) is 5.92. The zero-order valence-corrected chi connectivity index (χ0v) is 10.7. The van der Waals surface area contributed by atoms with E-state index in [0.717, 1.165) is 26.3 Å². The largest absolute Gasteiger partial charge is 0.763 e. The van der Waals surface area contributed by atoms with E-state index in [4.69, 9.17) is 15.4 Å². The molecule has 0 aliphatic carbocycles. The van der Waals surface area contributed by atoms with Crippen LogP contribution < -0.4 is 10.6 Å². The maximum atomic E-state index is 10.9. The van der Waals surface area contributed by atoms with E-state index in [0.29, 0.717) is 5.57 Å². The van der Waals surface area contributed by atoms with Gasteiger partial charge < -0.3 is 20.8 Å². The van der Waals surface area contributed by atoms with Gasteiger partial charge in [-0.15, -0.1) is 12.6 Å². The number of nitrogens with one attached hydrogen (secondary N) is 1. The number of carbonyl (C=O) groups is 1. The maximum Gasteiger partial charge on any atom is 0.258 e. The average Bonchev–Trinajstić information content (AvgIpc) is 2.42. The van der Waals surface area contributed by atoms with Crippen molar-refractivity contribution in [2.24, 2.45) is 0 Å². The molecule has 1 amide bonds. The minimum Gasteiger partial charge on any atom is -0.763 e. The van der Waals surface area contributed by atoms with Crippen molar-refractivity contribution in [3.8, 4) is 6.07 Å². The van der Waals surface area contributed by atoms with Crippen LogP contribution in [-0.2, 0) is 9.53 Å². The summed E-state index contributed by atoms with van der Waals surface area (Å²) in [5.74, 6) is 1.25. The highest BCUT2D eigenvalue weighted by Gasteiger charge is 2.19. The molecule has 96 valence electrons. The number of thiol groups is 1. The van der Waals surface area contributed by atoms with Crippen LogP contribution in [0.2, 0.25) is 0 Å². The van der Waals surface area contributed by atoms with Gasteiger partial charge in [0.25, 0.3) is 5.91 Å². The molecule has 18 heavy (non-hydrogen) atoms. The number of amides is 1. The van der Waals surface area contributed by atoms with Gasteiger partial charge >= 0.3 is 0 Å². The molecule has 2 heterocycles. The molecule has 3 N–H and O–H groups in total. The van der Waals surface area contributed by atoms with Crippen molar-refractivity contribution >= 4 is 24.4 Å². The Kier molecular flexibility index (Phi) is 6.19. The molecule has 1 fully saturated rings. The quantitative estimate of drug-likeness (QED) is 0.295. The van der Waals surface area contributed by atoms with Crippen LogP contribution in [0.5, 0.6) is 0 Å². The number of morpholine rings is 1. The molecule has 1 saturated heterocycles. The van der Waals surface area contributed by atoms with Gasteiger partial charge in [0.05, 0.1) is 43.0 Å². The van der Waals surface area contributed by atoms with E-state index in [9.17, 15) is 4.79 Å². The molecule has 2 aliphatic heterocycles. The second-order valence-electron chi connectivity index (χ2n) is 3.64. The molecule has 0 bridgehead atoms. The van der Waals surface area contributed by atoms with Crippen molar-refractivity contribution in [1.82, 2.24) is 5.32 Å². The highest BCUT2D eigenvalue weighted by molar-refractivity contribution is 7.84. The second kappa shape index (κ2) is 7.69. The summed E-state index contributed by atoms with van der Waals surface area (Å²) in [6, 6.07) is 1.86. The zero-order valence-electron chi connectivity index (χ0n) is 9.77. The van der Waals surface area contributed by atoms with E-state index in [2.05, 4.69) is 23.3 Å². The van der Waals surface area contributed by atoms with E-state index in [1.165, 1.54) is 0 Å². The number of nitrogens with two attached hydrogens (primary N) is 1. The Morgan fingerprint density at radius 1 is 1.44 bits per heavy atom. The first-order valence-electron chi connectivity index (χ1n) is 5.48. The lowest BCUT2D eigenvalue weighted by molar-refractivity contribution is -0.670. The van der Waals surface area contributed by atoms with Crippen LogP contribution in [-0.4, -0.2) is 38.1 Å². The summed E-state index contributed by atoms with van der Waals surface area (Å²) in [7, 11) is 0. The summed E-state index contributed by atoms with van der Waals surface area (Å²) < 4.78 is 5.04. The fourth-order valence-electron chi connectivity index (χ4n) is 1.36. The number of nitrogens with zero attached hydrogens (tertiary/aromatic N) is 2. The molecular weight excluding hydrogens is 252 g/mol. The van der Waals surface area contributed by atoms with Gasteiger partial charge in [0, 0.05) is 12.0 Å². The van der Waals surface area contributed by atoms with Gasteiger partial charge in [-0.3, -0.25) is 10.7 Å². The van der Waals surface area contributed by atoms with E-state index in [1.807, 2.05) is 6.07 Å². The molecule has 7 heteroatoms. The fourth-order valence-corrected chi connectivity index (χ4v) is 1.59. The van der Waals surface area contributed by atoms with Gasteiger partial charge in [-0.2, -0.15) is 5.26 Å². The Morgan fingerprint density at radius 2 is 2.11 bits per heavy atom. The maximum absolute atomic E-state index is 10.9. The van der Waals surface area contributed by atoms with E-state index >= 15 is 0 Å². The molecule has 0 aromatic heterocycles. The SMILES string of the molecule is C1COCC[NH2+]1.N#CC1=C(S)NC(=O)C(=C=[N-])C1. The van der Waals surface area contributed by atoms with Crippen LogP contribution in [0, 0.1) is 11.3 Å². The number of nitriles is 1. The number of rotatable bonds is 0. The number of quaternary nitrogens is 1. The lowest BCUT2D eigenvalue weighted by Gasteiger charge is -2.14. The van der Waals surface area contributed by atoms with Gasteiger partial charge in [0.15, 0.2) is 0 Å². The molecule has 6 nitrogen and oxygen atoms in total. The minimum absolute atomic E-state index is 0.0457. The van der Waals surface area contributed by atoms with Crippen LogP contribution in [0.15, 0.2) is 16.2 Å². The van der Waals surface area contributed by atoms with Crippen molar-refractivity contribution in [2.45, 2.75) is 6.42 Å². The second-order valence-corrected chi connectivity index (χ2v) is 4.09. The van der Waals surface area contributed by atoms with E-state index in [-0.39, 0.29) is 17.0 Å². The Balaban J connectivity index is 0.000000225. The Morgan fingerprint density at radius 3 is 2.50 bits per heavy atom. The number of hydrogen-bond acceptors (Lipinski definition) is 4. The topological polar surface area (TPSA) is 101 Å². The van der Waals surface area contributed by atoms with Gasteiger partial charge in [0.2, 0.25) is 0 Å². The molecule has 2 aliphatic rings. The average molecular weight is 266 g/mol. The number of ether oxygens (including phenoxy) is 1. The molecule has 0 saturated carbocycles. The van der Waals surface area contributed by atoms with Gasteiger partial charge in [-0.05, 0) is 0 Å². The molecule has 2 rings (SSSR count). The van der Waals surface area contributed by atoms with Gasteiger partial charge in [0.1, 0.15) is 0 Å². The van der Waals surface area contributed by atoms with Crippen molar-refractivity contribution in [3.63, 3.8) is 0 Å². The predicted octanol–water partition coefficient (Wildman–Crippen LogP) is -1.08. The molecule has 0 atom stereocenters. The van der Waals surface area contributed by atoms with Crippen molar-refractivity contribution in [2.75, 3.05) is 26.3 Å². The summed E-state index contributed by atoms with van der Waals surface area (Å²) in [5, 5.41) is 21.8. The predicted molar refractivity (Wildman–Crippen MR) is 68.7 cm³/mol. The summed E-state index contributed by atoms with van der Waals surface area (Å²) >= 11 is 3.88. The lowest BCUT2D eigenvalue weighted by Crippen LogP contribution is -2.87. The summed E-state index contributed by atoms with van der Waals surface area (Å²) in [6.45, 7) is 4.19. The first-order chi connectivity index (χ1) is 8.69. The van der Waals surface area contributed by atoms with Crippen LogP contribution in [0.3, 0.4) is 0 Å². The molecule has 0 radical (unpaired) electrons. The van der Waals surface area contributed by atoms with Crippen LogP contribution in [0.4, 0.5) is 0 Å². The van der Waals surface area contributed by atoms with Crippen LogP contribution in [0.1, 0.15) is 6.42 Å². The third-order valence-electron chi connectivity index (χ3n) is 2.35. The third kappa shape index (κ3) is 4.35. The highest BCUT2D eigenvalue weighted by Crippen LogP contribution is 2.19. The Bertz CT molecular complexity index is 431. The van der Waals surface area contributed by atoms with E-state index in [1.54, 1.807) is 5.87 Å². The number of carbonyl (C=O) groups excluding carboxylic acids is 1. The molecule has 0 aromatic carbocycles. The summed E-state index contributed by atoms with van der Waals surface area (Å²) in [5.41, 5.74) is 0.360. The normalized spacial score (nSPS) is 19.1. The van der Waals surface area contributed by atoms with Gasteiger partial charge in [-0.25, -0.2) is 0 Å². The van der Waals surface area contributed by atoms with Crippen molar-refractivity contribution < 1.29 is 14.8 Å². The minimum atomic E-state index is -0.471.